The van der Waals surface area contributed by atoms with Crippen LogP contribution in [0.2, 0.25) is 0 Å². The Morgan fingerprint density at radius 1 is 1.47 bits per heavy atom. The van der Waals surface area contributed by atoms with Crippen LogP contribution in [0.4, 0.5) is 5.13 Å². The van der Waals surface area contributed by atoms with Gasteiger partial charge < -0.3 is 4.74 Å². The number of aromatic nitrogens is 1. The molecule has 0 saturated heterocycles. The van der Waals surface area contributed by atoms with Crippen molar-refractivity contribution in [1.29, 1.82) is 0 Å². The zero-order valence-corrected chi connectivity index (χ0v) is 9.60. The summed E-state index contributed by atoms with van der Waals surface area (Å²) in [5, 5.41) is 2.80. The number of rotatable bonds is 2. The molecule has 1 aromatic rings. The van der Waals surface area contributed by atoms with E-state index in [0.29, 0.717) is 5.13 Å². The van der Waals surface area contributed by atoms with Gasteiger partial charge in [-0.15, -0.1) is 11.3 Å². The van der Waals surface area contributed by atoms with E-state index >= 15 is 0 Å². The van der Waals surface area contributed by atoms with Crippen LogP contribution in [0.5, 0.6) is 0 Å². The predicted octanol–water partition coefficient (Wildman–Crippen LogP) is 1.26. The highest BCUT2D eigenvalue weighted by atomic mass is 32.1. The van der Waals surface area contributed by atoms with Crippen LogP contribution < -0.4 is 5.32 Å². The van der Waals surface area contributed by atoms with E-state index in [1.54, 1.807) is 6.92 Å². The van der Waals surface area contributed by atoms with Gasteiger partial charge in [-0.2, -0.15) is 0 Å². The van der Waals surface area contributed by atoms with Crippen LogP contribution in [-0.4, -0.2) is 23.5 Å². The van der Waals surface area contributed by atoms with Crippen LogP contribution in [0.15, 0.2) is 0 Å². The maximum Gasteiger partial charge on any atom is 0.397 e. The third-order valence-corrected chi connectivity index (χ3v) is 2.70. The maximum atomic E-state index is 11.2. The maximum absolute atomic E-state index is 11.2. The van der Waals surface area contributed by atoms with Crippen molar-refractivity contribution in [2.24, 2.45) is 0 Å². The minimum absolute atomic E-state index is 0.183. The van der Waals surface area contributed by atoms with Gasteiger partial charge in [-0.05, 0) is 20.8 Å². The standard InChI is InChI=1S/C9H12N2O3S/c1-4-14-8(13)7(12)11-9-10-5(2)6(3)15-9/h4H2,1-3H3,(H,10,11,12). The van der Waals surface area contributed by atoms with Gasteiger partial charge in [0.05, 0.1) is 12.3 Å². The molecule has 1 rings (SSSR count). The van der Waals surface area contributed by atoms with Gasteiger partial charge in [0.15, 0.2) is 5.13 Å². The molecule has 6 heteroatoms. The second kappa shape index (κ2) is 4.88. The van der Waals surface area contributed by atoms with Gasteiger partial charge in [-0.25, -0.2) is 9.78 Å². The van der Waals surface area contributed by atoms with Crippen molar-refractivity contribution in [1.82, 2.24) is 4.98 Å². The van der Waals surface area contributed by atoms with Crippen molar-refractivity contribution in [2.75, 3.05) is 11.9 Å². The summed E-state index contributed by atoms with van der Waals surface area (Å²) >= 11 is 1.33. The molecule has 0 aliphatic heterocycles. The number of hydrogen-bond donors (Lipinski definition) is 1. The number of amides is 1. The molecular formula is C9H12N2O3S. The molecule has 1 N–H and O–H groups in total. The Hall–Kier alpha value is -1.43. The van der Waals surface area contributed by atoms with Crippen LogP contribution >= 0.6 is 11.3 Å². The second-order valence-electron chi connectivity index (χ2n) is 2.84. The highest BCUT2D eigenvalue weighted by molar-refractivity contribution is 7.15. The number of hydrogen-bond acceptors (Lipinski definition) is 5. The molecule has 0 spiro atoms. The first kappa shape index (κ1) is 11.6. The average Bonchev–Trinajstić information content (AvgIpc) is 2.46. The number of carbonyl (C=O) groups excluding carboxylic acids is 2. The molecule has 0 aliphatic rings. The van der Waals surface area contributed by atoms with Crippen LogP contribution in [-0.2, 0) is 14.3 Å². The lowest BCUT2D eigenvalue weighted by atomic mass is 10.4. The molecule has 82 valence electrons. The van der Waals surface area contributed by atoms with Gasteiger partial charge >= 0.3 is 11.9 Å². The highest BCUT2D eigenvalue weighted by Gasteiger charge is 2.16. The minimum atomic E-state index is -0.886. The molecule has 0 aromatic carbocycles. The summed E-state index contributed by atoms with van der Waals surface area (Å²) in [5.74, 6) is -1.67. The topological polar surface area (TPSA) is 68.3 Å². The fraction of sp³-hybridized carbons (Fsp3) is 0.444. The zero-order chi connectivity index (χ0) is 11.4. The number of aryl methyl sites for hydroxylation is 2. The number of nitrogens with one attached hydrogen (secondary N) is 1. The number of nitrogens with zero attached hydrogens (tertiary/aromatic N) is 1. The van der Waals surface area contributed by atoms with Gasteiger partial charge in [0.1, 0.15) is 0 Å². The Morgan fingerprint density at radius 3 is 2.60 bits per heavy atom. The molecule has 5 nitrogen and oxygen atoms in total. The monoisotopic (exact) mass is 228 g/mol. The second-order valence-corrected chi connectivity index (χ2v) is 4.04. The summed E-state index contributed by atoms with van der Waals surface area (Å²) in [6.45, 7) is 5.56. The quantitative estimate of drug-likeness (QED) is 0.611. The molecule has 0 radical (unpaired) electrons. The van der Waals surface area contributed by atoms with E-state index in [9.17, 15) is 9.59 Å². The lowest BCUT2D eigenvalue weighted by Crippen LogP contribution is -2.24. The van der Waals surface area contributed by atoms with E-state index in [4.69, 9.17) is 0 Å². The number of ether oxygens (including phenoxy) is 1. The van der Waals surface area contributed by atoms with E-state index < -0.39 is 11.9 Å². The van der Waals surface area contributed by atoms with Crippen LogP contribution in [0.3, 0.4) is 0 Å². The van der Waals surface area contributed by atoms with E-state index in [2.05, 4.69) is 15.0 Å². The fourth-order valence-corrected chi connectivity index (χ4v) is 1.68. The molecule has 0 fully saturated rings. The molecular weight excluding hydrogens is 216 g/mol. The van der Waals surface area contributed by atoms with E-state index in [0.717, 1.165) is 10.6 Å². The summed E-state index contributed by atoms with van der Waals surface area (Å²) in [7, 11) is 0. The summed E-state index contributed by atoms with van der Waals surface area (Å²) in [6.07, 6.45) is 0. The fourth-order valence-electron chi connectivity index (χ4n) is 0.871. The van der Waals surface area contributed by atoms with E-state index in [1.165, 1.54) is 11.3 Å². The van der Waals surface area contributed by atoms with Gasteiger partial charge in [0.2, 0.25) is 0 Å². The Morgan fingerprint density at radius 2 is 2.13 bits per heavy atom. The minimum Gasteiger partial charge on any atom is -0.459 e. The van der Waals surface area contributed by atoms with Crippen LogP contribution in [0.25, 0.3) is 0 Å². The van der Waals surface area contributed by atoms with Crippen molar-refractivity contribution in [3.63, 3.8) is 0 Å². The lowest BCUT2D eigenvalue weighted by molar-refractivity contribution is -0.152. The third-order valence-electron chi connectivity index (χ3n) is 1.71. The average molecular weight is 228 g/mol. The number of esters is 1. The van der Waals surface area contributed by atoms with Crippen molar-refractivity contribution >= 4 is 28.3 Å². The molecule has 0 saturated carbocycles. The van der Waals surface area contributed by atoms with Gasteiger partial charge in [0, 0.05) is 4.88 Å². The Bertz CT molecular complexity index is 367. The number of anilines is 1. The van der Waals surface area contributed by atoms with Gasteiger partial charge in [-0.1, -0.05) is 0 Å². The number of thiazole rings is 1. The Kier molecular flexibility index (Phi) is 3.79. The molecule has 0 aliphatic carbocycles. The predicted molar refractivity (Wildman–Crippen MR) is 56.9 cm³/mol. The molecule has 1 aromatic heterocycles. The number of carbonyl (C=O) groups is 2. The summed E-state index contributed by atoms with van der Waals surface area (Å²) < 4.78 is 4.54. The molecule has 0 unspecified atom stereocenters. The summed E-state index contributed by atoms with van der Waals surface area (Å²) in [6, 6.07) is 0. The first-order chi connectivity index (χ1) is 7.04. The molecule has 1 heterocycles. The SMILES string of the molecule is CCOC(=O)C(=O)Nc1nc(C)c(C)s1. The summed E-state index contributed by atoms with van der Waals surface area (Å²) in [4.78, 5) is 27.3. The van der Waals surface area contributed by atoms with Gasteiger partial charge in [-0.3, -0.25) is 10.1 Å². The smallest absolute Gasteiger partial charge is 0.397 e. The molecule has 15 heavy (non-hydrogen) atoms. The largest absolute Gasteiger partial charge is 0.459 e. The molecule has 0 bridgehead atoms. The van der Waals surface area contributed by atoms with Gasteiger partial charge in [0.25, 0.3) is 0 Å². The first-order valence-corrected chi connectivity index (χ1v) is 5.28. The van der Waals surface area contributed by atoms with E-state index in [1.807, 2.05) is 13.8 Å². The first-order valence-electron chi connectivity index (χ1n) is 4.46. The zero-order valence-electron chi connectivity index (χ0n) is 8.79. The molecule has 1 amide bonds. The lowest BCUT2D eigenvalue weighted by Gasteiger charge is -2.00. The summed E-state index contributed by atoms with van der Waals surface area (Å²) in [5.41, 5.74) is 0.846. The van der Waals surface area contributed by atoms with Crippen molar-refractivity contribution in [2.45, 2.75) is 20.8 Å². The van der Waals surface area contributed by atoms with Crippen molar-refractivity contribution < 1.29 is 14.3 Å². The normalized spacial score (nSPS) is 9.80. The molecule has 0 atom stereocenters. The highest BCUT2D eigenvalue weighted by Crippen LogP contribution is 2.20. The van der Waals surface area contributed by atoms with Crippen molar-refractivity contribution in [3.05, 3.63) is 10.6 Å². The van der Waals surface area contributed by atoms with E-state index in [-0.39, 0.29) is 6.61 Å². The Labute approximate surface area is 91.5 Å². The van der Waals surface area contributed by atoms with Crippen molar-refractivity contribution in [3.8, 4) is 0 Å². The third kappa shape index (κ3) is 3.02. The Balaban J connectivity index is 2.62. The van der Waals surface area contributed by atoms with Crippen LogP contribution in [0, 0.1) is 13.8 Å². The van der Waals surface area contributed by atoms with Crippen LogP contribution in [0.1, 0.15) is 17.5 Å².